The highest BCUT2D eigenvalue weighted by Gasteiger charge is 2.21. The van der Waals surface area contributed by atoms with Crippen LogP contribution < -0.4 is 10.2 Å². The predicted molar refractivity (Wildman–Crippen MR) is 97.5 cm³/mol. The van der Waals surface area contributed by atoms with Gasteiger partial charge in [-0.15, -0.1) is 0 Å². The fraction of sp³-hybridized carbons (Fsp3) is 0.474. The maximum absolute atomic E-state index is 14.1. The van der Waals surface area contributed by atoms with Gasteiger partial charge in [-0.2, -0.15) is 0 Å². The Balaban J connectivity index is 1.46. The number of hydrogen-bond donors (Lipinski definition) is 1. The highest BCUT2D eigenvalue weighted by molar-refractivity contribution is 5.59. The Morgan fingerprint density at radius 3 is 2.42 bits per heavy atom. The highest BCUT2D eigenvalue weighted by atomic mass is 19.1. The summed E-state index contributed by atoms with van der Waals surface area (Å²) in [4.78, 5) is 10.8. The van der Waals surface area contributed by atoms with Gasteiger partial charge in [-0.3, -0.25) is 0 Å². The minimum Gasteiger partial charge on any atom is -0.381 e. The molecule has 0 radical (unpaired) electrons. The van der Waals surface area contributed by atoms with Crippen molar-refractivity contribution in [2.24, 2.45) is 0 Å². The molecule has 0 atom stereocenters. The lowest BCUT2D eigenvalue weighted by atomic mass is 9.96. The number of aromatic nitrogens is 2. The second-order valence-corrected chi connectivity index (χ2v) is 6.58. The van der Waals surface area contributed by atoms with Crippen molar-refractivity contribution >= 4 is 17.3 Å². The van der Waals surface area contributed by atoms with Gasteiger partial charge < -0.3 is 19.7 Å². The Kier molecular flexibility index (Phi) is 5.26. The summed E-state index contributed by atoms with van der Waals surface area (Å²) in [6.07, 6.45) is 2.84. The summed E-state index contributed by atoms with van der Waals surface area (Å²) in [6.45, 7) is 4.64. The Labute approximate surface area is 152 Å². The molecule has 0 aliphatic carbocycles. The number of rotatable bonds is 4. The van der Waals surface area contributed by atoms with Gasteiger partial charge in [0.1, 0.15) is 0 Å². The van der Waals surface area contributed by atoms with Gasteiger partial charge in [0, 0.05) is 43.6 Å². The molecule has 4 rings (SSSR count). The lowest BCUT2D eigenvalue weighted by Gasteiger charge is -2.28. The molecule has 0 amide bonds. The van der Waals surface area contributed by atoms with E-state index in [1.165, 1.54) is 11.9 Å². The van der Waals surface area contributed by atoms with E-state index in [2.05, 4.69) is 32.3 Å². The van der Waals surface area contributed by atoms with Crippen LogP contribution in [0, 0.1) is 5.82 Å². The van der Waals surface area contributed by atoms with E-state index < -0.39 is 0 Å². The molecule has 1 aromatic carbocycles. The first kappa shape index (κ1) is 17.2. The Hall–Kier alpha value is -2.25. The van der Waals surface area contributed by atoms with Crippen LogP contribution in [0.1, 0.15) is 24.5 Å². The van der Waals surface area contributed by atoms with Crippen molar-refractivity contribution in [3.05, 3.63) is 42.0 Å². The van der Waals surface area contributed by atoms with Crippen molar-refractivity contribution in [2.45, 2.75) is 18.8 Å². The monoisotopic (exact) mass is 358 g/mol. The van der Waals surface area contributed by atoms with Crippen LogP contribution in [0.4, 0.5) is 21.7 Å². The number of hydrogen-bond acceptors (Lipinski definition) is 6. The molecule has 2 fully saturated rings. The van der Waals surface area contributed by atoms with Gasteiger partial charge in [-0.05, 0) is 37.1 Å². The van der Waals surface area contributed by atoms with Gasteiger partial charge in [0.15, 0.2) is 5.82 Å². The second kappa shape index (κ2) is 7.97. The summed E-state index contributed by atoms with van der Waals surface area (Å²) >= 11 is 0. The molecule has 0 saturated carbocycles. The first-order valence-corrected chi connectivity index (χ1v) is 9.09. The quantitative estimate of drug-likeness (QED) is 0.906. The van der Waals surface area contributed by atoms with Gasteiger partial charge in [0.05, 0.1) is 25.1 Å². The molecular formula is C19H23FN4O2. The number of anilines is 3. The van der Waals surface area contributed by atoms with Crippen LogP contribution in [0.3, 0.4) is 0 Å². The average Bonchev–Trinajstić information content (AvgIpc) is 2.71. The summed E-state index contributed by atoms with van der Waals surface area (Å²) < 4.78 is 24.9. The maximum Gasteiger partial charge on any atom is 0.227 e. The van der Waals surface area contributed by atoms with E-state index in [4.69, 9.17) is 9.47 Å². The van der Waals surface area contributed by atoms with E-state index >= 15 is 0 Å². The Morgan fingerprint density at radius 1 is 1.00 bits per heavy atom. The van der Waals surface area contributed by atoms with E-state index in [0.717, 1.165) is 44.8 Å². The zero-order valence-electron chi connectivity index (χ0n) is 14.7. The number of morpholine rings is 1. The topological polar surface area (TPSA) is 59.5 Å². The summed E-state index contributed by atoms with van der Waals surface area (Å²) in [6, 6.07) is 8.12. The van der Waals surface area contributed by atoms with Crippen LogP contribution >= 0.6 is 0 Å². The Bertz CT molecular complexity index is 729. The fourth-order valence-corrected chi connectivity index (χ4v) is 3.40. The number of nitrogens with zero attached hydrogens (tertiary/aromatic N) is 3. The SMILES string of the molecule is Fc1cnc(Nc2ccc(N3CCOCC3)cc2)nc1C1CCOCC1. The molecule has 2 aliphatic rings. The minimum atomic E-state index is -0.342. The third kappa shape index (κ3) is 3.94. The van der Waals surface area contributed by atoms with Gasteiger partial charge in [-0.25, -0.2) is 14.4 Å². The van der Waals surface area contributed by atoms with Crippen LogP contribution in [-0.2, 0) is 9.47 Å². The molecule has 7 heteroatoms. The molecule has 2 saturated heterocycles. The largest absolute Gasteiger partial charge is 0.381 e. The normalized spacial score (nSPS) is 18.7. The van der Waals surface area contributed by atoms with Gasteiger partial charge in [0.25, 0.3) is 0 Å². The molecule has 0 unspecified atom stereocenters. The third-order valence-electron chi connectivity index (χ3n) is 4.88. The van der Waals surface area contributed by atoms with Crippen LogP contribution in [-0.4, -0.2) is 49.5 Å². The highest BCUT2D eigenvalue weighted by Crippen LogP contribution is 2.28. The Morgan fingerprint density at radius 2 is 1.69 bits per heavy atom. The molecule has 1 N–H and O–H groups in total. The minimum absolute atomic E-state index is 0.0935. The van der Waals surface area contributed by atoms with E-state index in [1.54, 1.807) is 0 Å². The zero-order chi connectivity index (χ0) is 17.8. The summed E-state index contributed by atoms with van der Waals surface area (Å²) in [5.74, 6) is 0.174. The van der Waals surface area contributed by atoms with Crippen molar-refractivity contribution in [1.82, 2.24) is 9.97 Å². The van der Waals surface area contributed by atoms with Crippen molar-refractivity contribution in [3.63, 3.8) is 0 Å². The van der Waals surface area contributed by atoms with E-state index in [1.807, 2.05) is 12.1 Å². The van der Waals surface area contributed by atoms with Crippen molar-refractivity contribution in [2.75, 3.05) is 49.7 Å². The van der Waals surface area contributed by atoms with E-state index in [9.17, 15) is 4.39 Å². The van der Waals surface area contributed by atoms with Gasteiger partial charge in [0.2, 0.25) is 5.95 Å². The molecule has 26 heavy (non-hydrogen) atoms. The van der Waals surface area contributed by atoms with Crippen LogP contribution in [0.5, 0.6) is 0 Å². The molecule has 2 aliphatic heterocycles. The predicted octanol–water partition coefficient (Wildman–Crippen LogP) is 3.09. The lowest BCUT2D eigenvalue weighted by molar-refractivity contribution is 0.0837. The first-order valence-electron chi connectivity index (χ1n) is 9.09. The molecule has 0 bridgehead atoms. The lowest BCUT2D eigenvalue weighted by Crippen LogP contribution is -2.36. The molecule has 138 valence electrons. The zero-order valence-corrected chi connectivity index (χ0v) is 14.7. The maximum atomic E-state index is 14.1. The van der Waals surface area contributed by atoms with Gasteiger partial charge >= 0.3 is 0 Å². The molecule has 3 heterocycles. The summed E-state index contributed by atoms with van der Waals surface area (Å²) in [7, 11) is 0. The number of ether oxygens (including phenoxy) is 2. The summed E-state index contributed by atoms with van der Waals surface area (Å²) in [5, 5.41) is 3.18. The first-order chi connectivity index (χ1) is 12.8. The van der Waals surface area contributed by atoms with Crippen LogP contribution in [0.2, 0.25) is 0 Å². The van der Waals surface area contributed by atoms with Gasteiger partial charge in [-0.1, -0.05) is 0 Å². The van der Waals surface area contributed by atoms with Crippen molar-refractivity contribution < 1.29 is 13.9 Å². The van der Waals surface area contributed by atoms with Crippen LogP contribution in [0.25, 0.3) is 0 Å². The third-order valence-corrected chi connectivity index (χ3v) is 4.88. The molecule has 1 aromatic heterocycles. The number of halogens is 1. The standard InChI is InChI=1S/C19H23FN4O2/c20-17-13-21-19(23-18(17)14-5-9-25-10-6-14)22-15-1-3-16(4-2-15)24-7-11-26-12-8-24/h1-4,13-14H,5-12H2,(H,21,22,23). The second-order valence-electron chi connectivity index (χ2n) is 6.58. The fourth-order valence-electron chi connectivity index (χ4n) is 3.40. The number of benzene rings is 1. The van der Waals surface area contributed by atoms with Crippen molar-refractivity contribution in [1.29, 1.82) is 0 Å². The smallest absolute Gasteiger partial charge is 0.227 e. The van der Waals surface area contributed by atoms with E-state index in [-0.39, 0.29) is 11.7 Å². The average molecular weight is 358 g/mol. The molecule has 6 nitrogen and oxygen atoms in total. The van der Waals surface area contributed by atoms with Crippen LogP contribution in [0.15, 0.2) is 30.5 Å². The number of nitrogens with one attached hydrogen (secondary N) is 1. The summed E-state index contributed by atoms with van der Waals surface area (Å²) in [5.41, 5.74) is 2.53. The molecule has 2 aromatic rings. The van der Waals surface area contributed by atoms with E-state index in [0.29, 0.717) is 24.9 Å². The van der Waals surface area contributed by atoms with Crippen molar-refractivity contribution in [3.8, 4) is 0 Å². The molecular weight excluding hydrogens is 335 g/mol. The molecule has 0 spiro atoms.